The fourth-order valence-corrected chi connectivity index (χ4v) is 5.19. The van der Waals surface area contributed by atoms with Gasteiger partial charge < -0.3 is 15.5 Å². The second-order valence-corrected chi connectivity index (χ2v) is 9.73. The highest BCUT2D eigenvalue weighted by molar-refractivity contribution is 6.31. The molecule has 0 spiro atoms. The lowest BCUT2D eigenvalue weighted by Gasteiger charge is -2.29. The molecule has 2 saturated heterocycles. The van der Waals surface area contributed by atoms with Gasteiger partial charge in [-0.2, -0.15) is 0 Å². The number of hydrogen-bond donors (Lipinski definition) is 1. The molecule has 32 heavy (non-hydrogen) atoms. The number of aryl methyl sites for hydroxylation is 1. The summed E-state index contributed by atoms with van der Waals surface area (Å²) in [5.74, 6) is 0.574. The third kappa shape index (κ3) is 4.62. The van der Waals surface area contributed by atoms with Crippen molar-refractivity contribution in [2.75, 3.05) is 45.2 Å². The lowest BCUT2D eigenvalue weighted by Crippen LogP contribution is -2.36. The minimum absolute atomic E-state index is 0.0843. The SMILES string of the molecule is Cc1ccc(C(CC(N)=O)N2CC3CN(C(=O)c4ccc(N(C)C)cc4)CC3C2)cc1Cl. The number of benzene rings is 2. The van der Waals surface area contributed by atoms with Crippen LogP contribution in [0.25, 0.3) is 0 Å². The van der Waals surface area contributed by atoms with Crippen molar-refractivity contribution in [1.29, 1.82) is 0 Å². The van der Waals surface area contributed by atoms with Gasteiger partial charge in [-0.05, 0) is 60.2 Å². The number of halogens is 1. The van der Waals surface area contributed by atoms with Gasteiger partial charge in [0.25, 0.3) is 5.91 Å². The van der Waals surface area contributed by atoms with Crippen LogP contribution in [-0.2, 0) is 4.79 Å². The van der Waals surface area contributed by atoms with Gasteiger partial charge in [-0.25, -0.2) is 0 Å². The fourth-order valence-electron chi connectivity index (χ4n) is 5.00. The Bertz CT molecular complexity index is 994. The van der Waals surface area contributed by atoms with Crippen molar-refractivity contribution in [3.8, 4) is 0 Å². The molecule has 0 aliphatic carbocycles. The molecule has 2 aromatic carbocycles. The van der Waals surface area contributed by atoms with Gasteiger partial charge in [0, 0.05) is 69.0 Å². The molecule has 3 atom stereocenters. The number of fused-ring (bicyclic) bond motifs is 1. The number of anilines is 1. The molecule has 3 unspecified atom stereocenters. The number of carbonyl (C=O) groups is 2. The highest BCUT2D eigenvalue weighted by Gasteiger charge is 2.44. The fraction of sp³-hybridized carbons (Fsp3) is 0.440. The molecule has 2 heterocycles. The molecule has 2 aliphatic rings. The van der Waals surface area contributed by atoms with E-state index < -0.39 is 0 Å². The standard InChI is InChI=1S/C25H31ClN4O2/c1-16-4-5-18(10-22(16)26)23(11-24(27)31)29-12-19-14-30(15-20(19)13-29)25(32)17-6-8-21(9-7-17)28(2)3/h4-10,19-20,23H,11-15H2,1-3H3,(H2,27,31). The number of hydrogen-bond acceptors (Lipinski definition) is 4. The molecular formula is C25H31ClN4O2. The van der Waals surface area contributed by atoms with Crippen molar-refractivity contribution in [2.45, 2.75) is 19.4 Å². The van der Waals surface area contributed by atoms with Crippen LogP contribution in [0.2, 0.25) is 5.02 Å². The van der Waals surface area contributed by atoms with E-state index in [1.54, 1.807) is 0 Å². The topological polar surface area (TPSA) is 69.9 Å². The van der Waals surface area contributed by atoms with Crippen LogP contribution in [-0.4, -0.2) is 61.9 Å². The second kappa shape index (κ2) is 9.12. The molecule has 0 bridgehead atoms. The van der Waals surface area contributed by atoms with Crippen LogP contribution in [0.15, 0.2) is 42.5 Å². The van der Waals surface area contributed by atoms with E-state index in [1.807, 2.05) is 73.3 Å². The van der Waals surface area contributed by atoms with Crippen LogP contribution < -0.4 is 10.6 Å². The molecule has 2 fully saturated rings. The maximum absolute atomic E-state index is 13.0. The number of primary amides is 1. The first-order chi connectivity index (χ1) is 15.2. The number of likely N-dealkylation sites (tertiary alicyclic amines) is 2. The highest BCUT2D eigenvalue weighted by Crippen LogP contribution is 2.38. The van der Waals surface area contributed by atoms with Gasteiger partial charge in [0.05, 0.1) is 0 Å². The Morgan fingerprint density at radius 3 is 2.22 bits per heavy atom. The molecule has 7 heteroatoms. The first-order valence-electron chi connectivity index (χ1n) is 11.1. The Hall–Kier alpha value is -2.57. The van der Waals surface area contributed by atoms with Crippen LogP contribution >= 0.6 is 11.6 Å². The van der Waals surface area contributed by atoms with Gasteiger partial charge in [-0.3, -0.25) is 14.5 Å². The van der Waals surface area contributed by atoms with Crippen molar-refractivity contribution in [3.05, 3.63) is 64.2 Å². The average Bonchev–Trinajstić information content (AvgIpc) is 3.33. The zero-order chi connectivity index (χ0) is 23.0. The number of nitrogens with zero attached hydrogens (tertiary/aromatic N) is 3. The Kier molecular flexibility index (Phi) is 6.45. The predicted octanol–water partition coefficient (Wildman–Crippen LogP) is 3.33. The van der Waals surface area contributed by atoms with Gasteiger partial charge in [0.2, 0.25) is 5.91 Å². The third-order valence-electron chi connectivity index (χ3n) is 6.85. The van der Waals surface area contributed by atoms with Crippen molar-refractivity contribution in [2.24, 2.45) is 17.6 Å². The van der Waals surface area contributed by atoms with E-state index in [1.165, 1.54) is 0 Å². The normalized spacial score (nSPS) is 21.4. The quantitative estimate of drug-likeness (QED) is 0.726. The Balaban J connectivity index is 1.44. The summed E-state index contributed by atoms with van der Waals surface area (Å²) in [6.07, 6.45) is 0.264. The summed E-state index contributed by atoms with van der Waals surface area (Å²) in [6, 6.07) is 13.7. The lowest BCUT2D eigenvalue weighted by atomic mass is 10.0. The van der Waals surface area contributed by atoms with Gasteiger partial charge in [-0.1, -0.05) is 23.7 Å². The summed E-state index contributed by atoms with van der Waals surface area (Å²) in [5.41, 5.74) is 9.42. The van der Waals surface area contributed by atoms with E-state index in [0.717, 1.165) is 48.6 Å². The first-order valence-corrected chi connectivity index (χ1v) is 11.5. The maximum Gasteiger partial charge on any atom is 0.253 e. The van der Waals surface area contributed by atoms with Crippen molar-refractivity contribution < 1.29 is 9.59 Å². The predicted molar refractivity (Wildman–Crippen MR) is 128 cm³/mol. The Labute approximate surface area is 194 Å². The summed E-state index contributed by atoms with van der Waals surface area (Å²) in [5, 5.41) is 0.702. The molecule has 0 saturated carbocycles. The molecule has 6 nitrogen and oxygen atoms in total. The van der Waals surface area contributed by atoms with Crippen molar-refractivity contribution >= 4 is 29.1 Å². The summed E-state index contributed by atoms with van der Waals surface area (Å²) in [4.78, 5) is 31.2. The Morgan fingerprint density at radius 1 is 1.06 bits per heavy atom. The molecule has 4 rings (SSSR count). The molecular weight excluding hydrogens is 424 g/mol. The largest absolute Gasteiger partial charge is 0.378 e. The monoisotopic (exact) mass is 454 g/mol. The molecule has 0 aromatic heterocycles. The third-order valence-corrected chi connectivity index (χ3v) is 7.26. The van der Waals surface area contributed by atoms with Gasteiger partial charge >= 0.3 is 0 Å². The molecule has 2 aliphatic heterocycles. The van der Waals surface area contributed by atoms with Crippen LogP contribution in [0.4, 0.5) is 5.69 Å². The second-order valence-electron chi connectivity index (χ2n) is 9.32. The zero-order valence-corrected chi connectivity index (χ0v) is 19.7. The van der Waals surface area contributed by atoms with Crippen LogP contribution in [0.1, 0.15) is 33.9 Å². The lowest BCUT2D eigenvalue weighted by molar-refractivity contribution is -0.119. The minimum Gasteiger partial charge on any atom is -0.378 e. The smallest absolute Gasteiger partial charge is 0.253 e. The van der Waals surface area contributed by atoms with Gasteiger partial charge in [0.1, 0.15) is 0 Å². The van der Waals surface area contributed by atoms with Crippen molar-refractivity contribution in [1.82, 2.24) is 9.80 Å². The van der Waals surface area contributed by atoms with Crippen LogP contribution in [0.5, 0.6) is 0 Å². The van der Waals surface area contributed by atoms with Crippen LogP contribution in [0, 0.1) is 18.8 Å². The summed E-state index contributed by atoms with van der Waals surface area (Å²) >= 11 is 6.35. The van der Waals surface area contributed by atoms with Gasteiger partial charge in [0.15, 0.2) is 0 Å². The molecule has 2 amide bonds. The number of rotatable bonds is 6. The molecule has 170 valence electrons. The summed E-state index contributed by atoms with van der Waals surface area (Å²) in [6.45, 7) is 5.14. The summed E-state index contributed by atoms with van der Waals surface area (Å²) in [7, 11) is 3.97. The van der Waals surface area contributed by atoms with E-state index in [-0.39, 0.29) is 24.3 Å². The van der Waals surface area contributed by atoms with Crippen LogP contribution in [0.3, 0.4) is 0 Å². The number of carbonyl (C=O) groups excluding carboxylic acids is 2. The minimum atomic E-state index is -0.318. The molecule has 0 radical (unpaired) electrons. The van der Waals surface area contributed by atoms with Crippen molar-refractivity contribution in [3.63, 3.8) is 0 Å². The van der Waals surface area contributed by atoms with Gasteiger partial charge in [-0.15, -0.1) is 0 Å². The van der Waals surface area contributed by atoms with E-state index in [0.29, 0.717) is 16.9 Å². The maximum atomic E-state index is 13.0. The van der Waals surface area contributed by atoms with E-state index in [9.17, 15) is 9.59 Å². The summed E-state index contributed by atoms with van der Waals surface area (Å²) < 4.78 is 0. The van der Waals surface area contributed by atoms with E-state index in [2.05, 4.69) is 4.90 Å². The molecule has 2 aromatic rings. The Morgan fingerprint density at radius 2 is 1.69 bits per heavy atom. The highest BCUT2D eigenvalue weighted by atomic mass is 35.5. The number of nitrogens with two attached hydrogens (primary N) is 1. The zero-order valence-electron chi connectivity index (χ0n) is 18.9. The number of amides is 2. The van der Waals surface area contributed by atoms with E-state index >= 15 is 0 Å². The molecule has 2 N–H and O–H groups in total. The first kappa shape index (κ1) is 22.6. The van der Waals surface area contributed by atoms with E-state index in [4.69, 9.17) is 17.3 Å². The average molecular weight is 455 g/mol.